The molecule has 0 amide bonds. The minimum absolute atomic E-state index is 0.241. The molecular weight excluding hydrogens is 371 g/mol. The molecule has 3 rings (SSSR count). The maximum Gasteiger partial charge on any atom is 0.424 e. The van der Waals surface area contributed by atoms with Gasteiger partial charge in [0.1, 0.15) is 17.0 Å². The van der Waals surface area contributed by atoms with Gasteiger partial charge in [-0.3, -0.25) is 0 Å². The van der Waals surface area contributed by atoms with Gasteiger partial charge in [0.25, 0.3) is 0 Å². The summed E-state index contributed by atoms with van der Waals surface area (Å²) in [6.45, 7) is 1.81. The van der Waals surface area contributed by atoms with Crippen molar-refractivity contribution >= 4 is 21.6 Å². The molecule has 2 aromatic carbocycles. The first-order valence-corrected chi connectivity index (χ1v) is 8.90. The van der Waals surface area contributed by atoms with Crippen LogP contribution in [0.25, 0.3) is 16.9 Å². The van der Waals surface area contributed by atoms with E-state index in [9.17, 15) is 17.6 Å². The summed E-state index contributed by atoms with van der Waals surface area (Å²) in [6.07, 6.45) is 1.15. The lowest BCUT2D eigenvalue weighted by Crippen LogP contribution is -2.15. The molecule has 2 N–H and O–H groups in total. The minimum Gasteiger partial charge on any atom is -0.415 e. The van der Waals surface area contributed by atoms with Crippen LogP contribution in [0.1, 0.15) is 5.56 Å². The average Bonchev–Trinajstić information content (AvgIpc) is 2.90. The zero-order valence-corrected chi connectivity index (χ0v) is 14.4. The number of rotatable bonds is 3. The van der Waals surface area contributed by atoms with Gasteiger partial charge in [0.15, 0.2) is 0 Å². The molecular formula is C16H12ClFN2O4S. The van der Waals surface area contributed by atoms with Crippen LogP contribution in [-0.4, -0.2) is 13.0 Å². The van der Waals surface area contributed by atoms with E-state index in [0.717, 1.165) is 24.0 Å². The molecule has 0 fully saturated rings. The second-order valence-electron chi connectivity index (χ2n) is 5.35. The molecule has 0 aliphatic carbocycles. The predicted molar refractivity (Wildman–Crippen MR) is 90.8 cm³/mol. The molecule has 0 bridgehead atoms. The Morgan fingerprint density at radius 3 is 2.52 bits per heavy atom. The van der Waals surface area contributed by atoms with Crippen molar-refractivity contribution in [3.05, 3.63) is 69.6 Å². The van der Waals surface area contributed by atoms with Gasteiger partial charge in [-0.05, 0) is 36.8 Å². The third kappa shape index (κ3) is 3.23. The van der Waals surface area contributed by atoms with E-state index in [2.05, 4.69) is 0 Å². The number of nitrogens with zero attached hydrogens (tertiary/aromatic N) is 1. The van der Waals surface area contributed by atoms with E-state index in [0.29, 0.717) is 10.7 Å². The summed E-state index contributed by atoms with van der Waals surface area (Å²) in [5.74, 6) is -1.71. The highest BCUT2D eigenvalue weighted by molar-refractivity contribution is 7.89. The van der Waals surface area contributed by atoms with Crippen LogP contribution in [0, 0.1) is 12.7 Å². The Labute approximate surface area is 147 Å². The van der Waals surface area contributed by atoms with Crippen molar-refractivity contribution in [1.82, 2.24) is 4.57 Å². The fourth-order valence-electron chi connectivity index (χ4n) is 2.36. The molecule has 0 atom stereocenters. The third-order valence-corrected chi connectivity index (χ3v) is 4.99. The lowest BCUT2D eigenvalue weighted by Gasteiger charge is -2.09. The zero-order valence-electron chi connectivity index (χ0n) is 12.9. The number of sulfonamides is 1. The lowest BCUT2D eigenvalue weighted by atomic mass is 10.1. The topological polar surface area (TPSA) is 95.3 Å². The molecule has 0 saturated carbocycles. The average molecular weight is 383 g/mol. The van der Waals surface area contributed by atoms with Crippen LogP contribution in [-0.2, 0) is 10.0 Å². The van der Waals surface area contributed by atoms with Crippen molar-refractivity contribution in [2.45, 2.75) is 11.8 Å². The summed E-state index contributed by atoms with van der Waals surface area (Å²) < 4.78 is 42.8. The molecule has 25 heavy (non-hydrogen) atoms. The van der Waals surface area contributed by atoms with E-state index in [1.807, 2.05) is 6.92 Å². The van der Waals surface area contributed by atoms with Crippen LogP contribution in [0.3, 0.4) is 0 Å². The first-order valence-electron chi connectivity index (χ1n) is 6.98. The molecule has 0 unspecified atom stereocenters. The van der Waals surface area contributed by atoms with E-state index in [1.54, 1.807) is 18.2 Å². The summed E-state index contributed by atoms with van der Waals surface area (Å²) in [4.78, 5) is 11.4. The molecule has 130 valence electrons. The summed E-state index contributed by atoms with van der Waals surface area (Å²) in [5, 5.41) is 5.40. The number of halogens is 2. The normalized spacial score (nSPS) is 11.7. The van der Waals surface area contributed by atoms with Gasteiger partial charge < -0.3 is 4.42 Å². The largest absolute Gasteiger partial charge is 0.424 e. The number of primary sulfonamides is 1. The van der Waals surface area contributed by atoms with Crippen LogP contribution >= 0.6 is 11.6 Å². The van der Waals surface area contributed by atoms with Crippen molar-refractivity contribution in [1.29, 1.82) is 0 Å². The van der Waals surface area contributed by atoms with Gasteiger partial charge >= 0.3 is 5.76 Å². The van der Waals surface area contributed by atoms with E-state index in [4.69, 9.17) is 21.2 Å². The van der Waals surface area contributed by atoms with Gasteiger partial charge in [-0.15, -0.1) is 0 Å². The van der Waals surface area contributed by atoms with Gasteiger partial charge in [0, 0.05) is 10.6 Å². The second-order valence-corrected chi connectivity index (χ2v) is 7.28. The minimum atomic E-state index is -4.18. The fourth-order valence-corrected chi connectivity index (χ4v) is 3.13. The van der Waals surface area contributed by atoms with Crippen molar-refractivity contribution < 1.29 is 17.2 Å². The summed E-state index contributed by atoms with van der Waals surface area (Å²) in [6, 6.07) is 8.30. The van der Waals surface area contributed by atoms with E-state index < -0.39 is 26.5 Å². The lowest BCUT2D eigenvalue weighted by molar-refractivity contribution is 0.504. The van der Waals surface area contributed by atoms with E-state index in [-0.39, 0.29) is 11.3 Å². The smallest absolute Gasteiger partial charge is 0.415 e. The van der Waals surface area contributed by atoms with Crippen LogP contribution in [0.2, 0.25) is 5.02 Å². The highest BCUT2D eigenvalue weighted by Gasteiger charge is 2.18. The summed E-state index contributed by atoms with van der Waals surface area (Å²) in [7, 11) is -4.18. The number of nitrogens with two attached hydrogens (primary N) is 1. The Hall–Kier alpha value is -2.42. The number of aromatic nitrogens is 1. The van der Waals surface area contributed by atoms with Gasteiger partial charge in [-0.25, -0.2) is 27.3 Å². The maximum absolute atomic E-state index is 14.1. The highest BCUT2D eigenvalue weighted by atomic mass is 35.5. The first kappa shape index (κ1) is 17.4. The number of benzene rings is 2. The number of aryl methyl sites for hydroxylation is 1. The molecule has 0 spiro atoms. The number of oxazole rings is 1. The van der Waals surface area contributed by atoms with Crippen molar-refractivity contribution in [3.8, 4) is 16.9 Å². The van der Waals surface area contributed by atoms with Gasteiger partial charge in [-0.2, -0.15) is 0 Å². The number of hydrogen-bond donors (Lipinski definition) is 1. The SMILES string of the molecule is Cc1ccc(-n2c(-c3ccc(S(N)(=O)=O)c(F)c3)coc2=O)cc1Cl. The monoisotopic (exact) mass is 382 g/mol. The van der Waals surface area contributed by atoms with Crippen LogP contribution in [0.5, 0.6) is 0 Å². The zero-order chi connectivity index (χ0) is 18.4. The standard InChI is InChI=1S/C16H12ClFN2O4S/c1-9-2-4-11(7-12(9)17)20-14(8-24-16(20)21)10-3-5-15(13(18)6-10)25(19,22)23/h2-8H,1H3,(H2,19,22,23). The van der Waals surface area contributed by atoms with E-state index in [1.165, 1.54) is 10.6 Å². The predicted octanol–water partition coefficient (Wildman–Crippen LogP) is 2.85. The Morgan fingerprint density at radius 1 is 1.20 bits per heavy atom. The maximum atomic E-state index is 14.1. The Morgan fingerprint density at radius 2 is 1.92 bits per heavy atom. The van der Waals surface area contributed by atoms with Crippen LogP contribution < -0.4 is 10.9 Å². The van der Waals surface area contributed by atoms with Gasteiger partial charge in [-0.1, -0.05) is 23.7 Å². The van der Waals surface area contributed by atoms with Crippen LogP contribution in [0.15, 0.2) is 56.8 Å². The Kier molecular flexibility index (Phi) is 4.28. The van der Waals surface area contributed by atoms with Gasteiger partial charge in [0.05, 0.1) is 11.4 Å². The highest BCUT2D eigenvalue weighted by Crippen LogP contribution is 2.27. The van der Waals surface area contributed by atoms with Crippen molar-refractivity contribution in [2.75, 3.05) is 0 Å². The molecule has 1 heterocycles. The molecule has 0 radical (unpaired) electrons. The molecule has 0 aliphatic heterocycles. The van der Waals surface area contributed by atoms with Crippen LogP contribution in [0.4, 0.5) is 4.39 Å². The van der Waals surface area contributed by atoms with Crippen molar-refractivity contribution in [2.24, 2.45) is 5.14 Å². The molecule has 9 heteroatoms. The van der Waals surface area contributed by atoms with Gasteiger partial charge in [0.2, 0.25) is 10.0 Å². The fraction of sp³-hybridized carbons (Fsp3) is 0.0625. The Bertz CT molecular complexity index is 1140. The third-order valence-electron chi connectivity index (χ3n) is 3.64. The quantitative estimate of drug-likeness (QED) is 0.753. The molecule has 0 saturated heterocycles. The first-order chi connectivity index (χ1) is 11.7. The molecule has 6 nitrogen and oxygen atoms in total. The molecule has 0 aliphatic rings. The Balaban J connectivity index is 2.19. The second kappa shape index (κ2) is 6.14. The van der Waals surface area contributed by atoms with Crippen molar-refractivity contribution in [3.63, 3.8) is 0 Å². The molecule has 3 aromatic rings. The molecule has 1 aromatic heterocycles. The summed E-state index contributed by atoms with van der Waals surface area (Å²) >= 11 is 6.09. The van der Waals surface area contributed by atoms with E-state index >= 15 is 0 Å². The number of hydrogen-bond acceptors (Lipinski definition) is 4. The summed E-state index contributed by atoms with van der Waals surface area (Å²) in [5.41, 5.74) is 1.74.